The lowest BCUT2D eigenvalue weighted by atomic mass is 9.79. The van der Waals surface area contributed by atoms with Gasteiger partial charge in [0.2, 0.25) is 0 Å². The molecular formula is C31H31NO8. The number of unbranched alkanes of at least 4 members (excludes halogenated alkanes) is 3. The fourth-order valence-electron chi connectivity index (χ4n) is 4.72. The molecule has 0 spiro atoms. The van der Waals surface area contributed by atoms with Gasteiger partial charge in [-0.05, 0) is 78.6 Å². The predicted octanol–water partition coefficient (Wildman–Crippen LogP) is 6.38. The van der Waals surface area contributed by atoms with E-state index in [2.05, 4.69) is 0 Å². The molecule has 3 aromatic carbocycles. The average Bonchev–Trinajstić information content (AvgIpc) is 2.92. The van der Waals surface area contributed by atoms with E-state index in [9.17, 15) is 29.9 Å². The fraction of sp³-hybridized carbons (Fsp3) is 0.290. The highest BCUT2D eigenvalue weighted by Gasteiger charge is 2.29. The second-order valence-electron chi connectivity index (χ2n) is 9.56. The lowest BCUT2D eigenvalue weighted by Crippen LogP contribution is -2.22. The number of benzene rings is 3. The molecule has 2 N–H and O–H groups in total. The van der Waals surface area contributed by atoms with Crippen molar-refractivity contribution < 1.29 is 34.2 Å². The third-order valence-corrected chi connectivity index (χ3v) is 6.86. The minimum absolute atomic E-state index is 0.0347. The molecule has 0 amide bonds. The molecule has 0 radical (unpaired) electrons. The minimum atomic E-state index is -1.05. The van der Waals surface area contributed by atoms with Crippen LogP contribution in [0.15, 0.2) is 60.7 Å². The van der Waals surface area contributed by atoms with E-state index in [-0.39, 0.29) is 23.4 Å². The van der Waals surface area contributed by atoms with Crippen LogP contribution < -0.4 is 0 Å². The summed E-state index contributed by atoms with van der Waals surface area (Å²) in [4.78, 5) is 33.8. The van der Waals surface area contributed by atoms with Crippen molar-refractivity contribution in [2.75, 3.05) is 13.2 Å². The average molecular weight is 546 g/mol. The fourth-order valence-corrected chi connectivity index (χ4v) is 4.72. The van der Waals surface area contributed by atoms with E-state index in [1.807, 2.05) is 36.4 Å². The van der Waals surface area contributed by atoms with E-state index < -0.39 is 16.9 Å². The molecule has 0 fully saturated rings. The lowest BCUT2D eigenvalue weighted by Gasteiger charge is -2.25. The number of hydrogen-bond donors (Lipinski definition) is 2. The van der Waals surface area contributed by atoms with Crippen LogP contribution in [0.25, 0.3) is 11.8 Å². The number of nitrogens with zero attached hydrogens (tertiary/aromatic N) is 1. The molecule has 1 aliphatic rings. The van der Waals surface area contributed by atoms with Gasteiger partial charge >= 0.3 is 11.9 Å². The van der Waals surface area contributed by atoms with E-state index in [0.717, 1.165) is 36.8 Å². The molecule has 0 saturated carbocycles. The quantitative estimate of drug-likeness (QED) is 0.0738. The van der Waals surface area contributed by atoms with Gasteiger partial charge in [-0.15, -0.1) is 0 Å². The van der Waals surface area contributed by atoms with Crippen LogP contribution in [-0.2, 0) is 28.9 Å². The highest BCUT2D eigenvalue weighted by Crippen LogP contribution is 2.33. The van der Waals surface area contributed by atoms with Crippen molar-refractivity contribution in [2.45, 2.75) is 45.1 Å². The molecule has 0 bridgehead atoms. The normalized spacial score (nSPS) is 12.3. The van der Waals surface area contributed by atoms with Crippen molar-refractivity contribution in [3.8, 4) is 0 Å². The van der Waals surface area contributed by atoms with E-state index in [1.165, 1.54) is 18.2 Å². The molecule has 0 aromatic heterocycles. The van der Waals surface area contributed by atoms with Gasteiger partial charge in [-0.1, -0.05) is 36.8 Å². The first-order valence-electron chi connectivity index (χ1n) is 13.2. The Morgan fingerprint density at radius 1 is 0.875 bits per heavy atom. The van der Waals surface area contributed by atoms with Crippen LogP contribution in [0, 0.1) is 10.1 Å². The minimum Gasteiger partial charge on any atom is -0.493 e. The number of carboxylic acids is 2. The number of carboxylic acid groups (broad SMARTS) is 2. The number of hydrogen-bond acceptors (Lipinski definition) is 6. The maximum atomic E-state index is 11.8. The zero-order valence-electron chi connectivity index (χ0n) is 22.0. The SMILES string of the molecule is O=C(O)c1cc(COCCCCCCOC(=Cc2ccc([N+](=O)[O-])cc2)c2ccccc2)c(C(=O)O)c2c1CC2. The molecule has 0 unspecified atom stereocenters. The lowest BCUT2D eigenvalue weighted by molar-refractivity contribution is -0.384. The summed E-state index contributed by atoms with van der Waals surface area (Å²) in [6.45, 7) is 1.00. The third kappa shape index (κ3) is 7.12. The van der Waals surface area contributed by atoms with Gasteiger partial charge in [-0.25, -0.2) is 9.59 Å². The maximum Gasteiger partial charge on any atom is 0.336 e. The van der Waals surface area contributed by atoms with Crippen molar-refractivity contribution in [1.29, 1.82) is 0 Å². The number of nitro benzene ring substituents is 1. The molecule has 3 aromatic rings. The number of fused-ring (bicyclic) bond motifs is 1. The van der Waals surface area contributed by atoms with Crippen LogP contribution in [0.2, 0.25) is 0 Å². The summed E-state index contributed by atoms with van der Waals surface area (Å²) in [5.41, 5.74) is 3.74. The summed E-state index contributed by atoms with van der Waals surface area (Å²) in [7, 11) is 0. The molecule has 0 aliphatic heterocycles. The second kappa shape index (κ2) is 13.5. The number of carbonyl (C=O) groups is 2. The number of ether oxygens (including phenoxy) is 2. The first-order valence-corrected chi connectivity index (χ1v) is 13.2. The van der Waals surface area contributed by atoms with Crippen LogP contribution in [0.1, 0.15) is 74.2 Å². The maximum absolute atomic E-state index is 11.8. The monoisotopic (exact) mass is 545 g/mol. The molecule has 1 aliphatic carbocycles. The van der Waals surface area contributed by atoms with Crippen molar-refractivity contribution in [3.63, 3.8) is 0 Å². The summed E-state index contributed by atoms with van der Waals surface area (Å²) >= 11 is 0. The van der Waals surface area contributed by atoms with Gasteiger partial charge in [0.15, 0.2) is 0 Å². The van der Waals surface area contributed by atoms with E-state index >= 15 is 0 Å². The summed E-state index contributed by atoms with van der Waals surface area (Å²) < 4.78 is 11.8. The Labute approximate surface area is 231 Å². The largest absolute Gasteiger partial charge is 0.493 e. The van der Waals surface area contributed by atoms with Gasteiger partial charge in [-0.2, -0.15) is 0 Å². The zero-order chi connectivity index (χ0) is 28.5. The Balaban J connectivity index is 1.23. The first kappa shape index (κ1) is 28.5. The standard InChI is InChI=1S/C31H31NO8/c33-30(34)27-19-23(29(31(35)36)26-15-14-25(26)27)20-39-16-6-1-2-7-17-40-28(22-8-4-3-5-9-22)18-21-10-12-24(13-11-21)32(37)38/h3-5,8-13,18-19H,1-2,6-7,14-17,20H2,(H,33,34)(H,35,36). The van der Waals surface area contributed by atoms with Crippen LogP contribution in [0.3, 0.4) is 0 Å². The van der Waals surface area contributed by atoms with E-state index in [1.54, 1.807) is 12.1 Å². The zero-order valence-corrected chi connectivity index (χ0v) is 22.0. The van der Waals surface area contributed by atoms with Gasteiger partial charge in [0.1, 0.15) is 5.76 Å². The predicted molar refractivity (Wildman–Crippen MR) is 149 cm³/mol. The Morgan fingerprint density at radius 3 is 2.15 bits per heavy atom. The number of rotatable bonds is 15. The summed E-state index contributed by atoms with van der Waals surface area (Å²) in [5.74, 6) is -1.41. The molecule has 208 valence electrons. The highest BCUT2D eigenvalue weighted by atomic mass is 16.6. The van der Waals surface area contributed by atoms with Gasteiger partial charge in [-0.3, -0.25) is 10.1 Å². The summed E-state index contributed by atoms with van der Waals surface area (Å²) in [6.07, 6.45) is 6.43. The first-order chi connectivity index (χ1) is 19.3. The Bertz CT molecular complexity index is 1400. The van der Waals surface area contributed by atoms with Crippen molar-refractivity contribution in [2.24, 2.45) is 0 Å². The van der Waals surface area contributed by atoms with Crippen LogP contribution in [-0.4, -0.2) is 40.3 Å². The molecular weight excluding hydrogens is 514 g/mol. The van der Waals surface area contributed by atoms with Crippen LogP contribution in [0.5, 0.6) is 0 Å². The Hall–Kier alpha value is -4.50. The van der Waals surface area contributed by atoms with Crippen LogP contribution in [0.4, 0.5) is 5.69 Å². The Kier molecular flexibility index (Phi) is 9.64. The number of nitro groups is 1. The Morgan fingerprint density at radius 2 is 1.55 bits per heavy atom. The third-order valence-electron chi connectivity index (χ3n) is 6.86. The van der Waals surface area contributed by atoms with Gasteiger partial charge in [0.25, 0.3) is 5.69 Å². The number of aromatic carboxylic acids is 2. The van der Waals surface area contributed by atoms with Crippen molar-refractivity contribution in [3.05, 3.63) is 110 Å². The molecule has 9 heteroatoms. The van der Waals surface area contributed by atoms with Gasteiger partial charge in [0, 0.05) is 24.3 Å². The smallest absolute Gasteiger partial charge is 0.336 e. The molecule has 0 heterocycles. The second-order valence-corrected chi connectivity index (χ2v) is 9.56. The molecule has 4 rings (SSSR count). The van der Waals surface area contributed by atoms with Crippen LogP contribution >= 0.6 is 0 Å². The topological polar surface area (TPSA) is 136 Å². The van der Waals surface area contributed by atoms with Crippen molar-refractivity contribution in [1.82, 2.24) is 0 Å². The summed E-state index contributed by atoms with van der Waals surface area (Å²) in [5, 5.41) is 30.0. The molecule has 0 atom stereocenters. The molecule has 0 saturated heterocycles. The summed E-state index contributed by atoms with van der Waals surface area (Å²) in [6, 6.07) is 17.4. The number of non-ortho nitro benzene ring substituents is 1. The molecule has 9 nitrogen and oxygen atoms in total. The molecule has 40 heavy (non-hydrogen) atoms. The van der Waals surface area contributed by atoms with Gasteiger partial charge < -0.3 is 19.7 Å². The van der Waals surface area contributed by atoms with E-state index in [0.29, 0.717) is 48.5 Å². The van der Waals surface area contributed by atoms with Crippen molar-refractivity contribution >= 4 is 29.5 Å². The van der Waals surface area contributed by atoms with E-state index in [4.69, 9.17) is 9.47 Å². The van der Waals surface area contributed by atoms with Gasteiger partial charge in [0.05, 0.1) is 29.3 Å². The highest BCUT2D eigenvalue weighted by molar-refractivity contribution is 5.97.